The lowest BCUT2D eigenvalue weighted by molar-refractivity contribution is 0.0980. The van der Waals surface area contributed by atoms with Crippen LogP contribution in [0, 0.1) is 0 Å². The molecule has 0 radical (unpaired) electrons. The van der Waals surface area contributed by atoms with Crippen LogP contribution in [0.1, 0.15) is 18.9 Å². The molecule has 7 heteroatoms. The van der Waals surface area contributed by atoms with Crippen LogP contribution in [0.4, 0.5) is 4.79 Å². The van der Waals surface area contributed by atoms with Gasteiger partial charge in [-0.05, 0) is 18.9 Å². The molecule has 0 unspecified atom stereocenters. The molecule has 1 saturated heterocycles. The Morgan fingerprint density at radius 3 is 2.55 bits per heavy atom. The Morgan fingerprint density at radius 1 is 1.14 bits per heavy atom. The summed E-state index contributed by atoms with van der Waals surface area (Å²) in [6, 6.07) is 9.48. The lowest BCUT2D eigenvalue weighted by Crippen LogP contribution is -2.38. The molecular formula is C15H22N2O4S. The maximum Gasteiger partial charge on any atom is 0.410 e. The maximum atomic E-state index is 12.1. The second-order valence-corrected chi connectivity index (χ2v) is 7.44. The van der Waals surface area contributed by atoms with Crippen molar-refractivity contribution in [3.63, 3.8) is 0 Å². The zero-order valence-corrected chi connectivity index (χ0v) is 13.6. The Morgan fingerprint density at radius 2 is 1.86 bits per heavy atom. The lowest BCUT2D eigenvalue weighted by atomic mass is 10.2. The van der Waals surface area contributed by atoms with Gasteiger partial charge in [-0.1, -0.05) is 30.3 Å². The average Bonchev–Trinajstić information content (AvgIpc) is 2.80. The third-order valence-corrected chi connectivity index (χ3v) is 5.56. The number of sulfonamides is 1. The second-order valence-electron chi connectivity index (χ2n) is 5.18. The largest absolute Gasteiger partial charge is 0.445 e. The molecule has 0 atom stereocenters. The molecule has 1 heterocycles. The molecule has 6 nitrogen and oxygen atoms in total. The molecule has 122 valence electrons. The van der Waals surface area contributed by atoms with Crippen molar-refractivity contribution < 1.29 is 17.9 Å². The van der Waals surface area contributed by atoms with Crippen molar-refractivity contribution in [3.8, 4) is 0 Å². The molecule has 0 bridgehead atoms. The molecule has 1 fully saturated rings. The van der Waals surface area contributed by atoms with Gasteiger partial charge in [0.1, 0.15) is 6.61 Å². The van der Waals surface area contributed by atoms with Crippen LogP contribution in [0.25, 0.3) is 0 Å². The van der Waals surface area contributed by atoms with Crippen LogP contribution in [-0.2, 0) is 21.4 Å². The van der Waals surface area contributed by atoms with Crippen molar-refractivity contribution in [1.82, 2.24) is 9.21 Å². The van der Waals surface area contributed by atoms with Crippen molar-refractivity contribution in [2.45, 2.75) is 20.0 Å². The highest BCUT2D eigenvalue weighted by Gasteiger charge is 2.26. The molecule has 1 aliphatic heterocycles. The highest BCUT2D eigenvalue weighted by Crippen LogP contribution is 2.10. The van der Waals surface area contributed by atoms with E-state index in [0.717, 1.165) is 5.56 Å². The highest BCUT2D eigenvalue weighted by molar-refractivity contribution is 7.89. The molecule has 1 amide bonds. The minimum Gasteiger partial charge on any atom is -0.445 e. The Hall–Kier alpha value is -1.60. The zero-order valence-electron chi connectivity index (χ0n) is 12.8. The minimum absolute atomic E-state index is 0.0887. The number of carbonyl (C=O) groups excluding carboxylic acids is 1. The van der Waals surface area contributed by atoms with E-state index < -0.39 is 10.0 Å². The predicted molar refractivity (Wildman–Crippen MR) is 83.9 cm³/mol. The van der Waals surface area contributed by atoms with E-state index in [0.29, 0.717) is 32.6 Å². The Kier molecular flexibility index (Phi) is 5.79. The average molecular weight is 326 g/mol. The SMILES string of the molecule is CCS(=O)(=O)N1CCCN(C(=O)OCc2ccccc2)CC1. The molecule has 0 aromatic heterocycles. The highest BCUT2D eigenvalue weighted by atomic mass is 32.2. The van der Waals surface area contributed by atoms with E-state index >= 15 is 0 Å². The predicted octanol–water partition coefficient (Wildman–Crippen LogP) is 1.68. The van der Waals surface area contributed by atoms with E-state index in [1.54, 1.807) is 11.8 Å². The number of amides is 1. The van der Waals surface area contributed by atoms with Gasteiger partial charge in [-0.2, -0.15) is 0 Å². The standard InChI is InChI=1S/C15H22N2O4S/c1-2-22(19,20)17-10-6-9-16(11-12-17)15(18)21-13-14-7-4-3-5-8-14/h3-5,7-8H,2,6,9-13H2,1H3. The van der Waals surface area contributed by atoms with Crippen LogP contribution in [0.15, 0.2) is 30.3 Å². The summed E-state index contributed by atoms with van der Waals surface area (Å²) < 4.78 is 30.5. The first-order chi connectivity index (χ1) is 10.5. The third kappa shape index (κ3) is 4.45. The van der Waals surface area contributed by atoms with Crippen LogP contribution in [0.2, 0.25) is 0 Å². The fraction of sp³-hybridized carbons (Fsp3) is 0.533. The number of nitrogens with zero attached hydrogens (tertiary/aromatic N) is 2. The lowest BCUT2D eigenvalue weighted by Gasteiger charge is -2.21. The van der Waals surface area contributed by atoms with Gasteiger partial charge >= 0.3 is 6.09 Å². The second kappa shape index (κ2) is 7.60. The van der Waals surface area contributed by atoms with Crippen molar-refractivity contribution >= 4 is 16.1 Å². The van der Waals surface area contributed by atoms with E-state index in [4.69, 9.17) is 4.74 Å². The summed E-state index contributed by atoms with van der Waals surface area (Å²) >= 11 is 0. The Balaban J connectivity index is 1.87. The quantitative estimate of drug-likeness (QED) is 0.844. The topological polar surface area (TPSA) is 66.9 Å². The molecule has 1 aliphatic rings. The normalized spacial score (nSPS) is 17.0. The minimum atomic E-state index is -3.19. The molecule has 1 aromatic carbocycles. The van der Waals surface area contributed by atoms with Gasteiger partial charge in [0.25, 0.3) is 0 Å². The van der Waals surface area contributed by atoms with Gasteiger partial charge in [0, 0.05) is 26.2 Å². The van der Waals surface area contributed by atoms with Crippen molar-refractivity contribution in [1.29, 1.82) is 0 Å². The van der Waals surface area contributed by atoms with E-state index in [2.05, 4.69) is 0 Å². The molecular weight excluding hydrogens is 304 g/mol. The molecule has 0 aliphatic carbocycles. The number of ether oxygens (including phenoxy) is 1. The first-order valence-electron chi connectivity index (χ1n) is 7.46. The van der Waals surface area contributed by atoms with Gasteiger partial charge in [0.2, 0.25) is 10.0 Å². The fourth-order valence-corrected chi connectivity index (χ4v) is 3.48. The van der Waals surface area contributed by atoms with E-state index in [-0.39, 0.29) is 18.5 Å². The van der Waals surface area contributed by atoms with E-state index in [9.17, 15) is 13.2 Å². The monoisotopic (exact) mass is 326 g/mol. The Bertz CT molecular complexity index is 589. The summed E-state index contributed by atoms with van der Waals surface area (Å²) in [5.74, 6) is 0.0887. The van der Waals surface area contributed by atoms with Crippen molar-refractivity contribution in [3.05, 3.63) is 35.9 Å². The first-order valence-corrected chi connectivity index (χ1v) is 9.07. The van der Waals surface area contributed by atoms with Gasteiger partial charge in [0.05, 0.1) is 5.75 Å². The first kappa shape index (κ1) is 16.8. The van der Waals surface area contributed by atoms with Crippen LogP contribution in [-0.4, -0.2) is 55.6 Å². The number of hydrogen-bond acceptors (Lipinski definition) is 4. The molecule has 0 spiro atoms. The van der Waals surface area contributed by atoms with Gasteiger partial charge in [-0.15, -0.1) is 0 Å². The van der Waals surface area contributed by atoms with Gasteiger partial charge in [-0.3, -0.25) is 0 Å². The zero-order chi connectivity index (χ0) is 16.0. The number of rotatable bonds is 4. The number of carbonyl (C=O) groups is 1. The third-order valence-electron chi connectivity index (χ3n) is 3.68. The number of hydrogen-bond donors (Lipinski definition) is 0. The molecule has 22 heavy (non-hydrogen) atoms. The molecule has 0 saturated carbocycles. The van der Waals surface area contributed by atoms with E-state index in [1.165, 1.54) is 4.31 Å². The smallest absolute Gasteiger partial charge is 0.410 e. The summed E-state index contributed by atoms with van der Waals surface area (Å²) in [6.45, 7) is 3.53. The molecule has 0 N–H and O–H groups in total. The van der Waals surface area contributed by atoms with Gasteiger partial charge in [0.15, 0.2) is 0 Å². The van der Waals surface area contributed by atoms with Gasteiger partial charge in [-0.25, -0.2) is 17.5 Å². The van der Waals surface area contributed by atoms with Crippen LogP contribution < -0.4 is 0 Å². The summed E-state index contributed by atoms with van der Waals surface area (Å²) in [6.07, 6.45) is 0.235. The van der Waals surface area contributed by atoms with Gasteiger partial charge < -0.3 is 9.64 Å². The van der Waals surface area contributed by atoms with Crippen LogP contribution in [0.3, 0.4) is 0 Å². The Labute approximate surface area is 131 Å². The van der Waals surface area contributed by atoms with Crippen LogP contribution >= 0.6 is 0 Å². The molecule has 1 aromatic rings. The van der Waals surface area contributed by atoms with Crippen molar-refractivity contribution in [2.24, 2.45) is 0 Å². The maximum absolute atomic E-state index is 12.1. The summed E-state index contributed by atoms with van der Waals surface area (Å²) in [4.78, 5) is 13.7. The molecule has 2 rings (SSSR count). The van der Waals surface area contributed by atoms with Crippen LogP contribution in [0.5, 0.6) is 0 Å². The summed E-state index contributed by atoms with van der Waals surface area (Å²) in [5.41, 5.74) is 0.931. The summed E-state index contributed by atoms with van der Waals surface area (Å²) in [5, 5.41) is 0. The van der Waals surface area contributed by atoms with E-state index in [1.807, 2.05) is 30.3 Å². The fourth-order valence-electron chi connectivity index (χ4n) is 2.35. The van der Waals surface area contributed by atoms with Crippen molar-refractivity contribution in [2.75, 3.05) is 31.9 Å². The number of benzene rings is 1. The summed E-state index contributed by atoms with van der Waals surface area (Å²) in [7, 11) is -3.19.